The van der Waals surface area contributed by atoms with Crippen molar-refractivity contribution in [1.29, 1.82) is 0 Å². The lowest BCUT2D eigenvalue weighted by molar-refractivity contribution is -0.140. The van der Waals surface area contributed by atoms with Gasteiger partial charge in [-0.1, -0.05) is 85.8 Å². The molecule has 0 saturated carbocycles. The van der Waals surface area contributed by atoms with Crippen LogP contribution in [0.25, 0.3) is 0 Å². The van der Waals surface area contributed by atoms with Crippen LogP contribution in [0.3, 0.4) is 0 Å². The van der Waals surface area contributed by atoms with Gasteiger partial charge >= 0.3 is 0 Å². The molecular formula is C28H32N2O2. The molecule has 1 aliphatic heterocycles. The van der Waals surface area contributed by atoms with E-state index < -0.39 is 6.10 Å². The number of aryl methyl sites for hydroxylation is 1. The molecule has 4 nitrogen and oxygen atoms in total. The summed E-state index contributed by atoms with van der Waals surface area (Å²) >= 11 is 0. The Balaban J connectivity index is 1.42. The molecule has 1 heterocycles. The highest BCUT2D eigenvalue weighted by Crippen LogP contribution is 2.29. The molecule has 1 fully saturated rings. The Morgan fingerprint density at radius 1 is 0.812 bits per heavy atom. The van der Waals surface area contributed by atoms with Crippen LogP contribution in [0.15, 0.2) is 84.9 Å². The van der Waals surface area contributed by atoms with Crippen molar-refractivity contribution in [3.63, 3.8) is 0 Å². The van der Waals surface area contributed by atoms with Crippen LogP contribution in [-0.2, 0) is 11.2 Å². The third-order valence-electron chi connectivity index (χ3n) is 6.23. The number of carbonyl (C=O) groups is 1. The average molecular weight is 429 g/mol. The summed E-state index contributed by atoms with van der Waals surface area (Å²) in [5, 5.41) is 0. The number of amides is 1. The molecule has 1 atom stereocenters. The summed E-state index contributed by atoms with van der Waals surface area (Å²) in [6.45, 7) is 7.04. The normalized spacial score (nSPS) is 15.5. The highest BCUT2D eigenvalue weighted by molar-refractivity contribution is 5.81. The molecule has 1 amide bonds. The Hall–Kier alpha value is -3.11. The van der Waals surface area contributed by atoms with E-state index in [-0.39, 0.29) is 11.9 Å². The SMILES string of the molecule is CCc1ccccc1O[C@H](C)C(=O)N1CCN(C(c2ccccc2)c2ccccc2)CC1. The molecule has 1 aliphatic rings. The zero-order valence-electron chi connectivity index (χ0n) is 19.0. The Kier molecular flexibility index (Phi) is 7.23. The molecule has 0 radical (unpaired) electrons. The monoisotopic (exact) mass is 428 g/mol. The zero-order chi connectivity index (χ0) is 22.3. The number of hydrogen-bond donors (Lipinski definition) is 0. The molecule has 0 aliphatic carbocycles. The maximum absolute atomic E-state index is 13.1. The van der Waals surface area contributed by atoms with Crippen LogP contribution in [0.1, 0.15) is 36.6 Å². The molecule has 3 aromatic carbocycles. The predicted octanol–water partition coefficient (Wildman–Crippen LogP) is 4.95. The van der Waals surface area contributed by atoms with Gasteiger partial charge in [-0.05, 0) is 36.1 Å². The standard InChI is InChI=1S/C28H32N2O2/c1-3-23-12-10-11-17-26(23)32-22(2)28(31)30-20-18-29(19-21-30)27(24-13-6-4-7-14-24)25-15-8-5-9-16-25/h4-17,22,27H,3,18-21H2,1-2H3/t22-/m1/s1. The van der Waals surface area contributed by atoms with Crippen molar-refractivity contribution in [2.75, 3.05) is 26.2 Å². The van der Waals surface area contributed by atoms with Crippen molar-refractivity contribution in [3.8, 4) is 5.75 Å². The smallest absolute Gasteiger partial charge is 0.263 e. The summed E-state index contributed by atoms with van der Waals surface area (Å²) in [4.78, 5) is 17.5. The largest absolute Gasteiger partial charge is 0.481 e. The Labute approximate surface area is 191 Å². The van der Waals surface area contributed by atoms with Crippen LogP contribution in [-0.4, -0.2) is 48.0 Å². The summed E-state index contributed by atoms with van der Waals surface area (Å²) in [5.74, 6) is 0.870. The average Bonchev–Trinajstić information content (AvgIpc) is 2.86. The predicted molar refractivity (Wildman–Crippen MR) is 129 cm³/mol. The van der Waals surface area contributed by atoms with Gasteiger partial charge in [-0.3, -0.25) is 9.69 Å². The zero-order valence-corrected chi connectivity index (χ0v) is 19.0. The van der Waals surface area contributed by atoms with Crippen molar-refractivity contribution >= 4 is 5.91 Å². The lowest BCUT2D eigenvalue weighted by Gasteiger charge is -2.40. The van der Waals surface area contributed by atoms with E-state index in [4.69, 9.17) is 4.74 Å². The second-order valence-electron chi connectivity index (χ2n) is 8.31. The number of piperazine rings is 1. The fraction of sp³-hybridized carbons (Fsp3) is 0.321. The fourth-order valence-electron chi connectivity index (χ4n) is 4.49. The summed E-state index contributed by atoms with van der Waals surface area (Å²) < 4.78 is 6.06. The first-order valence-electron chi connectivity index (χ1n) is 11.5. The highest BCUT2D eigenvalue weighted by Gasteiger charge is 2.30. The number of nitrogens with zero attached hydrogens (tertiary/aromatic N) is 2. The Morgan fingerprint density at radius 2 is 1.34 bits per heavy atom. The second-order valence-corrected chi connectivity index (χ2v) is 8.31. The van der Waals surface area contributed by atoms with Crippen molar-refractivity contribution in [2.45, 2.75) is 32.4 Å². The van der Waals surface area contributed by atoms with Gasteiger partial charge in [-0.25, -0.2) is 0 Å². The molecule has 166 valence electrons. The van der Waals surface area contributed by atoms with Gasteiger partial charge < -0.3 is 9.64 Å². The molecule has 4 rings (SSSR count). The first-order chi connectivity index (χ1) is 15.7. The van der Waals surface area contributed by atoms with E-state index in [0.717, 1.165) is 30.8 Å². The maximum Gasteiger partial charge on any atom is 0.263 e. The van der Waals surface area contributed by atoms with Crippen molar-refractivity contribution in [2.24, 2.45) is 0 Å². The molecule has 1 saturated heterocycles. The number of ether oxygens (including phenoxy) is 1. The van der Waals surface area contributed by atoms with Gasteiger partial charge in [0.05, 0.1) is 6.04 Å². The molecule has 0 N–H and O–H groups in total. The fourth-order valence-corrected chi connectivity index (χ4v) is 4.49. The van der Waals surface area contributed by atoms with E-state index in [9.17, 15) is 4.79 Å². The molecular weight excluding hydrogens is 396 g/mol. The van der Waals surface area contributed by atoms with Crippen LogP contribution in [0.2, 0.25) is 0 Å². The molecule has 4 heteroatoms. The highest BCUT2D eigenvalue weighted by atomic mass is 16.5. The molecule has 0 bridgehead atoms. The van der Waals surface area contributed by atoms with E-state index in [2.05, 4.69) is 78.6 Å². The van der Waals surface area contributed by atoms with Crippen LogP contribution in [0.4, 0.5) is 0 Å². The van der Waals surface area contributed by atoms with Crippen molar-refractivity contribution < 1.29 is 9.53 Å². The first-order valence-corrected chi connectivity index (χ1v) is 11.5. The number of rotatable bonds is 7. The third-order valence-corrected chi connectivity index (χ3v) is 6.23. The molecule has 3 aromatic rings. The van der Waals surface area contributed by atoms with E-state index in [1.165, 1.54) is 11.1 Å². The maximum atomic E-state index is 13.1. The molecule has 32 heavy (non-hydrogen) atoms. The molecule has 0 unspecified atom stereocenters. The summed E-state index contributed by atoms with van der Waals surface area (Å²) in [6.07, 6.45) is 0.393. The van der Waals surface area contributed by atoms with Gasteiger partial charge in [0.2, 0.25) is 0 Å². The quantitative estimate of drug-likeness (QED) is 0.534. The Bertz CT molecular complexity index is 959. The number of hydrogen-bond acceptors (Lipinski definition) is 3. The number of para-hydroxylation sites is 1. The lowest BCUT2D eigenvalue weighted by atomic mass is 9.96. The topological polar surface area (TPSA) is 32.8 Å². The Morgan fingerprint density at radius 3 is 1.91 bits per heavy atom. The number of benzene rings is 3. The van der Waals surface area contributed by atoms with Gasteiger partial charge in [-0.2, -0.15) is 0 Å². The first kappa shape index (κ1) is 22.1. The van der Waals surface area contributed by atoms with Gasteiger partial charge in [0, 0.05) is 26.2 Å². The van der Waals surface area contributed by atoms with Crippen LogP contribution < -0.4 is 4.74 Å². The molecule has 0 spiro atoms. The van der Waals surface area contributed by atoms with E-state index in [1.807, 2.05) is 30.0 Å². The van der Waals surface area contributed by atoms with Crippen molar-refractivity contribution in [1.82, 2.24) is 9.80 Å². The van der Waals surface area contributed by atoms with Gasteiger partial charge in [0.25, 0.3) is 5.91 Å². The summed E-state index contributed by atoms with van der Waals surface area (Å²) in [6, 6.07) is 29.4. The van der Waals surface area contributed by atoms with Gasteiger partial charge in [0.1, 0.15) is 5.75 Å². The van der Waals surface area contributed by atoms with E-state index in [0.29, 0.717) is 13.1 Å². The summed E-state index contributed by atoms with van der Waals surface area (Å²) in [5.41, 5.74) is 3.70. The van der Waals surface area contributed by atoms with Crippen LogP contribution in [0.5, 0.6) is 5.75 Å². The van der Waals surface area contributed by atoms with Crippen LogP contribution >= 0.6 is 0 Å². The number of carbonyl (C=O) groups excluding carboxylic acids is 1. The minimum atomic E-state index is -0.492. The minimum Gasteiger partial charge on any atom is -0.481 e. The van der Waals surface area contributed by atoms with E-state index in [1.54, 1.807) is 0 Å². The van der Waals surface area contributed by atoms with Gasteiger partial charge in [0.15, 0.2) is 6.10 Å². The van der Waals surface area contributed by atoms with Crippen molar-refractivity contribution in [3.05, 3.63) is 102 Å². The molecule has 0 aromatic heterocycles. The summed E-state index contributed by atoms with van der Waals surface area (Å²) in [7, 11) is 0. The van der Waals surface area contributed by atoms with E-state index >= 15 is 0 Å². The van der Waals surface area contributed by atoms with Gasteiger partial charge in [-0.15, -0.1) is 0 Å². The third kappa shape index (κ3) is 5.03. The second kappa shape index (κ2) is 10.5. The lowest BCUT2D eigenvalue weighted by Crippen LogP contribution is -2.52. The minimum absolute atomic E-state index is 0.0616. The van der Waals surface area contributed by atoms with Crippen LogP contribution in [0, 0.1) is 0 Å².